The van der Waals surface area contributed by atoms with Crippen LogP contribution in [0.4, 0.5) is 26.2 Å². The number of β-amino-alcohol motifs (C(OH)–C–C–N with tert-alkyl or cyclic N) is 1. The number of amides is 1. The summed E-state index contributed by atoms with van der Waals surface area (Å²) < 4.78 is 29.9. The number of benzene rings is 1. The minimum atomic E-state index is -0.486. The number of nitrogens with one attached hydrogen (secondary N) is 1. The van der Waals surface area contributed by atoms with Gasteiger partial charge in [0.05, 0.1) is 30.7 Å². The lowest BCUT2D eigenvalue weighted by Gasteiger charge is -2.26. The van der Waals surface area contributed by atoms with Gasteiger partial charge in [-0.1, -0.05) is 0 Å². The summed E-state index contributed by atoms with van der Waals surface area (Å²) in [4.78, 5) is 29.6. The first-order valence-electron chi connectivity index (χ1n) is 12.1. The van der Waals surface area contributed by atoms with E-state index in [2.05, 4.69) is 25.4 Å². The van der Waals surface area contributed by atoms with Gasteiger partial charge in [-0.2, -0.15) is 4.52 Å². The lowest BCUT2D eigenvalue weighted by atomic mass is 10.0. The van der Waals surface area contributed by atoms with Crippen LogP contribution >= 0.6 is 0 Å². The quantitative estimate of drug-likeness (QED) is 0.425. The molecule has 4 aromatic rings. The third kappa shape index (κ3) is 4.44. The topological polar surface area (TPSA) is 112 Å². The summed E-state index contributed by atoms with van der Waals surface area (Å²) in [6.07, 6.45) is 6.14. The second-order valence-electron chi connectivity index (χ2n) is 9.22. The molecule has 12 heteroatoms. The molecule has 2 fully saturated rings. The molecule has 2 saturated heterocycles. The Hall–Kier alpha value is -4.19. The summed E-state index contributed by atoms with van der Waals surface area (Å²) in [5.41, 5.74) is 0.931. The van der Waals surface area contributed by atoms with Crippen LogP contribution in [0.15, 0.2) is 48.9 Å². The highest BCUT2D eigenvalue weighted by Gasteiger charge is 2.30. The van der Waals surface area contributed by atoms with Crippen LogP contribution in [-0.4, -0.2) is 61.3 Å². The highest BCUT2D eigenvalue weighted by Crippen LogP contribution is 2.36. The SMILES string of the molecule is O=C(Nc1cnc2ccc(N3CCCC3c3cc(F)ccc3F)nn12)c1cnc(N2CCC(O)C2)cn1. The van der Waals surface area contributed by atoms with Crippen LogP contribution < -0.4 is 15.1 Å². The first-order valence-corrected chi connectivity index (χ1v) is 12.1. The predicted molar refractivity (Wildman–Crippen MR) is 131 cm³/mol. The van der Waals surface area contributed by atoms with Crippen LogP contribution in [-0.2, 0) is 0 Å². The number of rotatable bonds is 5. The lowest BCUT2D eigenvalue weighted by molar-refractivity contribution is 0.102. The number of carbonyl (C=O) groups is 1. The molecular formula is C25H24F2N8O2. The van der Waals surface area contributed by atoms with Gasteiger partial charge in [0, 0.05) is 25.2 Å². The first kappa shape index (κ1) is 23.2. The molecule has 0 saturated carbocycles. The lowest BCUT2D eigenvalue weighted by Crippen LogP contribution is -2.25. The summed E-state index contributed by atoms with van der Waals surface area (Å²) in [5.74, 6) is 0.0788. The van der Waals surface area contributed by atoms with Gasteiger partial charge in [0.15, 0.2) is 11.5 Å². The number of nitrogens with zero attached hydrogens (tertiary/aromatic N) is 7. The number of halogens is 2. The molecule has 37 heavy (non-hydrogen) atoms. The molecule has 0 bridgehead atoms. The minimum absolute atomic E-state index is 0.121. The second-order valence-corrected chi connectivity index (χ2v) is 9.22. The van der Waals surface area contributed by atoms with Crippen LogP contribution in [0.5, 0.6) is 0 Å². The molecule has 0 aliphatic carbocycles. The number of fused-ring (bicyclic) bond motifs is 1. The Bertz CT molecular complexity index is 1460. The number of aliphatic hydroxyl groups is 1. The van der Waals surface area contributed by atoms with Crippen LogP contribution in [0.2, 0.25) is 0 Å². The third-order valence-electron chi connectivity index (χ3n) is 6.81. The van der Waals surface area contributed by atoms with Crippen LogP contribution in [0.1, 0.15) is 41.4 Å². The van der Waals surface area contributed by atoms with Crippen molar-refractivity contribution in [3.8, 4) is 0 Å². The molecule has 2 N–H and O–H groups in total. The molecule has 2 aliphatic heterocycles. The smallest absolute Gasteiger partial charge is 0.277 e. The van der Waals surface area contributed by atoms with E-state index >= 15 is 0 Å². The molecule has 2 aliphatic rings. The number of hydrogen-bond donors (Lipinski definition) is 2. The molecule has 3 aromatic heterocycles. The molecule has 190 valence electrons. The Kier molecular flexibility index (Phi) is 5.87. The van der Waals surface area contributed by atoms with E-state index in [1.54, 1.807) is 12.1 Å². The summed E-state index contributed by atoms with van der Waals surface area (Å²) in [6.45, 7) is 1.80. The standard InChI is InChI=1S/C25H24F2N8O2/c26-15-3-4-18(27)17(10-15)20-2-1-8-34(20)22-6-5-21-30-13-24(35(21)32-22)31-25(37)19-11-29-23(12-28-19)33-9-7-16(36)14-33/h3-6,10-13,16,20,36H,1-2,7-9,14H2,(H,31,37). The third-order valence-corrected chi connectivity index (χ3v) is 6.81. The van der Waals surface area contributed by atoms with Gasteiger partial charge in [-0.25, -0.2) is 23.7 Å². The molecule has 1 amide bonds. The van der Waals surface area contributed by atoms with Crippen molar-refractivity contribution in [2.75, 3.05) is 34.8 Å². The van der Waals surface area contributed by atoms with Crippen LogP contribution in [0.25, 0.3) is 5.65 Å². The van der Waals surface area contributed by atoms with E-state index in [0.717, 1.165) is 18.6 Å². The molecule has 0 spiro atoms. The largest absolute Gasteiger partial charge is 0.391 e. The maximum Gasteiger partial charge on any atom is 0.277 e. The second kappa shape index (κ2) is 9.36. The van der Waals surface area contributed by atoms with Gasteiger partial charge in [-0.05, 0) is 49.6 Å². The van der Waals surface area contributed by atoms with E-state index in [1.165, 1.54) is 29.2 Å². The van der Waals surface area contributed by atoms with E-state index in [0.29, 0.717) is 61.1 Å². The minimum Gasteiger partial charge on any atom is -0.391 e. The Morgan fingerprint density at radius 1 is 1.00 bits per heavy atom. The van der Waals surface area contributed by atoms with E-state index in [4.69, 9.17) is 0 Å². The Balaban J connectivity index is 1.23. The van der Waals surface area contributed by atoms with Crippen molar-refractivity contribution in [2.24, 2.45) is 0 Å². The fraction of sp³-hybridized carbons (Fsp3) is 0.320. The van der Waals surface area contributed by atoms with Crippen LogP contribution in [0.3, 0.4) is 0 Å². The van der Waals surface area contributed by atoms with Crippen molar-refractivity contribution in [2.45, 2.75) is 31.4 Å². The number of aliphatic hydroxyl groups excluding tert-OH is 1. The van der Waals surface area contributed by atoms with Gasteiger partial charge in [0.1, 0.15) is 29.0 Å². The fourth-order valence-electron chi connectivity index (χ4n) is 4.97. The maximum absolute atomic E-state index is 14.5. The number of carbonyl (C=O) groups excluding carboxylic acids is 1. The van der Waals surface area contributed by atoms with Crippen molar-refractivity contribution in [3.63, 3.8) is 0 Å². The summed E-state index contributed by atoms with van der Waals surface area (Å²) >= 11 is 0. The average molecular weight is 507 g/mol. The van der Waals surface area contributed by atoms with Crippen molar-refractivity contribution >= 4 is 29.0 Å². The molecule has 10 nitrogen and oxygen atoms in total. The number of imidazole rings is 1. The Morgan fingerprint density at radius 2 is 1.89 bits per heavy atom. The average Bonchev–Trinajstić information content (AvgIpc) is 3.65. The predicted octanol–water partition coefficient (Wildman–Crippen LogP) is 2.96. The van der Waals surface area contributed by atoms with Crippen molar-refractivity contribution in [1.82, 2.24) is 24.6 Å². The molecular weight excluding hydrogens is 482 g/mol. The molecule has 2 atom stereocenters. The highest BCUT2D eigenvalue weighted by atomic mass is 19.1. The summed E-state index contributed by atoms with van der Waals surface area (Å²) in [7, 11) is 0. The molecule has 0 radical (unpaired) electrons. The van der Waals surface area contributed by atoms with E-state index in [9.17, 15) is 18.7 Å². The molecule has 2 unspecified atom stereocenters. The zero-order chi connectivity index (χ0) is 25.5. The van der Waals surface area contributed by atoms with E-state index in [1.807, 2.05) is 9.80 Å². The summed E-state index contributed by atoms with van der Waals surface area (Å²) in [5, 5.41) is 17.1. The molecule has 6 rings (SSSR count). The van der Waals surface area contributed by atoms with Crippen molar-refractivity contribution in [3.05, 3.63) is 71.8 Å². The van der Waals surface area contributed by atoms with Gasteiger partial charge in [0.25, 0.3) is 5.91 Å². The molecule has 1 aromatic carbocycles. The van der Waals surface area contributed by atoms with Crippen molar-refractivity contribution < 1.29 is 18.7 Å². The monoisotopic (exact) mass is 506 g/mol. The van der Waals surface area contributed by atoms with Gasteiger partial charge >= 0.3 is 0 Å². The zero-order valence-electron chi connectivity index (χ0n) is 19.8. The zero-order valence-corrected chi connectivity index (χ0v) is 19.8. The van der Waals surface area contributed by atoms with E-state index < -0.39 is 17.5 Å². The summed E-state index contributed by atoms with van der Waals surface area (Å²) in [6, 6.07) is 6.67. The van der Waals surface area contributed by atoms with Gasteiger partial charge in [-0.15, -0.1) is 5.10 Å². The van der Waals surface area contributed by atoms with Gasteiger partial charge in [0.2, 0.25) is 0 Å². The highest BCUT2D eigenvalue weighted by molar-refractivity contribution is 6.02. The molecule has 5 heterocycles. The number of anilines is 3. The first-order chi connectivity index (χ1) is 18.0. The number of hydrogen-bond acceptors (Lipinski definition) is 8. The van der Waals surface area contributed by atoms with E-state index in [-0.39, 0.29) is 17.8 Å². The Morgan fingerprint density at radius 3 is 2.68 bits per heavy atom. The van der Waals surface area contributed by atoms with Gasteiger partial charge < -0.3 is 20.2 Å². The van der Waals surface area contributed by atoms with Crippen molar-refractivity contribution in [1.29, 1.82) is 0 Å². The normalized spacial score (nSPS) is 19.6. The fourth-order valence-corrected chi connectivity index (χ4v) is 4.97. The van der Waals surface area contributed by atoms with Crippen LogP contribution in [0, 0.1) is 11.6 Å². The van der Waals surface area contributed by atoms with Gasteiger partial charge in [-0.3, -0.25) is 4.79 Å². The number of aromatic nitrogens is 5. The Labute approximate surface area is 210 Å². The maximum atomic E-state index is 14.5.